The Hall–Kier alpha value is -0.860. The number of ketones is 1. The summed E-state index contributed by atoms with van der Waals surface area (Å²) in [5.74, 6) is -0.0808. The van der Waals surface area contributed by atoms with Crippen molar-refractivity contribution in [3.8, 4) is 0 Å². The van der Waals surface area contributed by atoms with E-state index in [1.54, 1.807) is 0 Å². The molecule has 0 aromatic rings. The zero-order valence-corrected chi connectivity index (χ0v) is 8.09. The van der Waals surface area contributed by atoms with Crippen LogP contribution in [-0.4, -0.2) is 17.9 Å². The maximum absolute atomic E-state index is 10.7. The van der Waals surface area contributed by atoms with Gasteiger partial charge < -0.3 is 4.74 Å². The molecule has 0 rings (SSSR count). The van der Waals surface area contributed by atoms with Gasteiger partial charge >= 0.3 is 5.97 Å². The van der Waals surface area contributed by atoms with Crippen LogP contribution in [0.3, 0.4) is 0 Å². The average molecular weight is 172 g/mol. The van der Waals surface area contributed by atoms with Crippen molar-refractivity contribution in [1.82, 2.24) is 0 Å². The van der Waals surface area contributed by atoms with Crippen LogP contribution in [0.15, 0.2) is 0 Å². The van der Waals surface area contributed by atoms with Crippen LogP contribution in [0.1, 0.15) is 34.1 Å². The van der Waals surface area contributed by atoms with Crippen molar-refractivity contribution in [1.29, 1.82) is 0 Å². The Labute approximate surface area is 73.1 Å². The number of esters is 1. The second-order valence-corrected chi connectivity index (χ2v) is 3.30. The molecule has 0 N–H and O–H groups in total. The fourth-order valence-corrected chi connectivity index (χ4v) is 0.910. The van der Waals surface area contributed by atoms with Gasteiger partial charge in [0, 0.05) is 13.3 Å². The van der Waals surface area contributed by atoms with Gasteiger partial charge in [0.1, 0.15) is 11.9 Å². The molecule has 0 radical (unpaired) electrons. The summed E-state index contributed by atoms with van der Waals surface area (Å²) in [5, 5.41) is 0. The van der Waals surface area contributed by atoms with Crippen LogP contribution < -0.4 is 0 Å². The van der Waals surface area contributed by atoms with Crippen molar-refractivity contribution in [2.45, 2.75) is 40.2 Å². The van der Waals surface area contributed by atoms with E-state index in [0.29, 0.717) is 6.42 Å². The molecule has 0 amide bonds. The average Bonchev–Trinajstić information content (AvgIpc) is 1.83. The highest BCUT2D eigenvalue weighted by Crippen LogP contribution is 2.11. The van der Waals surface area contributed by atoms with E-state index in [1.807, 2.05) is 13.8 Å². The van der Waals surface area contributed by atoms with E-state index in [2.05, 4.69) is 0 Å². The monoisotopic (exact) mass is 172 g/mol. The van der Waals surface area contributed by atoms with Crippen LogP contribution in [-0.2, 0) is 14.3 Å². The van der Waals surface area contributed by atoms with Gasteiger partial charge in [0.15, 0.2) is 0 Å². The van der Waals surface area contributed by atoms with Gasteiger partial charge in [0.25, 0.3) is 0 Å². The Morgan fingerprint density at radius 3 is 2.00 bits per heavy atom. The summed E-state index contributed by atoms with van der Waals surface area (Å²) < 4.78 is 4.96. The summed E-state index contributed by atoms with van der Waals surface area (Å²) in [4.78, 5) is 21.4. The first kappa shape index (κ1) is 11.1. The maximum atomic E-state index is 10.7. The SMILES string of the molecule is CC(=O)CC(OC(C)=O)C(C)C. The summed E-state index contributed by atoms with van der Waals surface area (Å²) >= 11 is 0. The number of hydrogen-bond acceptors (Lipinski definition) is 3. The van der Waals surface area contributed by atoms with Crippen LogP contribution in [0.4, 0.5) is 0 Å². The minimum absolute atomic E-state index is 0.0509. The van der Waals surface area contributed by atoms with Gasteiger partial charge in [-0.1, -0.05) is 13.8 Å². The zero-order chi connectivity index (χ0) is 9.72. The number of ether oxygens (including phenoxy) is 1. The van der Waals surface area contributed by atoms with Crippen LogP contribution in [0.5, 0.6) is 0 Å². The standard InChI is InChI=1S/C9H16O3/c1-6(2)9(5-7(3)10)12-8(4)11/h6,9H,5H2,1-4H3. The molecule has 70 valence electrons. The first-order valence-electron chi connectivity index (χ1n) is 4.10. The van der Waals surface area contributed by atoms with Gasteiger partial charge in [0.05, 0.1) is 0 Å². The Morgan fingerprint density at radius 1 is 1.25 bits per heavy atom. The Bertz CT molecular complexity index is 157. The third-order valence-corrected chi connectivity index (χ3v) is 1.55. The fraction of sp³-hybridized carbons (Fsp3) is 0.778. The van der Waals surface area contributed by atoms with Crippen molar-refractivity contribution in [3.05, 3.63) is 0 Å². The Morgan fingerprint density at radius 2 is 1.75 bits per heavy atom. The van der Waals surface area contributed by atoms with Crippen molar-refractivity contribution in [3.63, 3.8) is 0 Å². The molecule has 3 nitrogen and oxygen atoms in total. The Balaban J connectivity index is 4.04. The lowest BCUT2D eigenvalue weighted by atomic mass is 10.0. The van der Waals surface area contributed by atoms with E-state index >= 15 is 0 Å². The number of hydrogen-bond donors (Lipinski definition) is 0. The molecule has 0 aromatic carbocycles. The fourth-order valence-electron chi connectivity index (χ4n) is 0.910. The lowest BCUT2D eigenvalue weighted by Crippen LogP contribution is -2.24. The third-order valence-electron chi connectivity index (χ3n) is 1.55. The molecule has 12 heavy (non-hydrogen) atoms. The van der Waals surface area contributed by atoms with Crippen molar-refractivity contribution in [2.24, 2.45) is 5.92 Å². The lowest BCUT2D eigenvalue weighted by Gasteiger charge is -2.18. The predicted molar refractivity (Wildman–Crippen MR) is 45.7 cm³/mol. The number of carbonyl (C=O) groups is 2. The van der Waals surface area contributed by atoms with Gasteiger partial charge in [-0.15, -0.1) is 0 Å². The van der Waals surface area contributed by atoms with E-state index in [0.717, 1.165) is 0 Å². The second kappa shape index (κ2) is 4.91. The first-order valence-corrected chi connectivity index (χ1v) is 4.10. The molecule has 0 bridgehead atoms. The zero-order valence-electron chi connectivity index (χ0n) is 8.09. The summed E-state index contributed by atoms with van der Waals surface area (Å²) in [6.45, 7) is 6.71. The van der Waals surface area contributed by atoms with Gasteiger partial charge in [-0.3, -0.25) is 9.59 Å². The molecule has 1 atom stereocenters. The minimum atomic E-state index is -0.324. The Kier molecular flexibility index (Phi) is 4.55. The molecule has 0 aliphatic rings. The van der Waals surface area contributed by atoms with Gasteiger partial charge in [-0.2, -0.15) is 0 Å². The number of carbonyl (C=O) groups excluding carboxylic acids is 2. The number of rotatable bonds is 4. The highest BCUT2D eigenvalue weighted by molar-refractivity contribution is 5.76. The molecule has 0 fully saturated rings. The summed E-state index contributed by atoms with van der Waals surface area (Å²) in [6.07, 6.45) is 0.0528. The predicted octanol–water partition coefficient (Wildman–Crippen LogP) is 1.55. The van der Waals surface area contributed by atoms with Crippen LogP contribution in [0.25, 0.3) is 0 Å². The molecule has 0 aromatic heterocycles. The molecule has 0 spiro atoms. The topological polar surface area (TPSA) is 43.4 Å². The normalized spacial score (nSPS) is 12.8. The number of Topliss-reactive ketones (excluding diaryl/α,β-unsaturated/α-hetero) is 1. The van der Waals surface area contributed by atoms with Gasteiger partial charge in [0.2, 0.25) is 0 Å². The second-order valence-electron chi connectivity index (χ2n) is 3.30. The third kappa shape index (κ3) is 4.88. The van der Waals surface area contributed by atoms with E-state index in [1.165, 1.54) is 13.8 Å². The smallest absolute Gasteiger partial charge is 0.302 e. The van der Waals surface area contributed by atoms with Crippen molar-refractivity contribution in [2.75, 3.05) is 0 Å². The van der Waals surface area contributed by atoms with E-state index in [-0.39, 0.29) is 23.8 Å². The van der Waals surface area contributed by atoms with E-state index < -0.39 is 0 Å². The molecule has 1 unspecified atom stereocenters. The van der Waals surface area contributed by atoms with Crippen LogP contribution in [0.2, 0.25) is 0 Å². The largest absolute Gasteiger partial charge is 0.462 e. The van der Waals surface area contributed by atoms with E-state index in [4.69, 9.17) is 4.74 Å². The molecular formula is C9H16O3. The summed E-state index contributed by atoms with van der Waals surface area (Å²) in [5.41, 5.74) is 0. The molecule has 0 aliphatic heterocycles. The van der Waals surface area contributed by atoms with Crippen LogP contribution >= 0.6 is 0 Å². The summed E-state index contributed by atoms with van der Waals surface area (Å²) in [7, 11) is 0. The minimum Gasteiger partial charge on any atom is -0.462 e. The molecular weight excluding hydrogens is 156 g/mol. The molecule has 0 heterocycles. The van der Waals surface area contributed by atoms with Crippen LogP contribution in [0, 0.1) is 5.92 Å². The highest BCUT2D eigenvalue weighted by Gasteiger charge is 2.17. The molecule has 0 saturated carbocycles. The van der Waals surface area contributed by atoms with E-state index in [9.17, 15) is 9.59 Å². The maximum Gasteiger partial charge on any atom is 0.302 e. The van der Waals surface area contributed by atoms with Crippen molar-refractivity contribution >= 4 is 11.8 Å². The quantitative estimate of drug-likeness (QED) is 0.604. The molecule has 0 aliphatic carbocycles. The van der Waals surface area contributed by atoms with Crippen molar-refractivity contribution < 1.29 is 14.3 Å². The molecule has 3 heteroatoms. The summed E-state index contributed by atoms with van der Waals surface area (Å²) in [6, 6.07) is 0. The highest BCUT2D eigenvalue weighted by atomic mass is 16.5. The van der Waals surface area contributed by atoms with Gasteiger partial charge in [-0.25, -0.2) is 0 Å². The first-order chi connectivity index (χ1) is 5.43. The van der Waals surface area contributed by atoms with Gasteiger partial charge in [-0.05, 0) is 12.8 Å². The lowest BCUT2D eigenvalue weighted by molar-refractivity contribution is -0.149. The molecule has 0 saturated heterocycles.